The average Bonchev–Trinajstić information content (AvgIpc) is 2.45. The lowest BCUT2D eigenvalue weighted by molar-refractivity contribution is -0.139. The predicted octanol–water partition coefficient (Wildman–Crippen LogP) is 2.98. The van der Waals surface area contributed by atoms with Crippen LogP contribution in [-0.2, 0) is 11.0 Å². The fraction of sp³-hybridized carbons (Fsp3) is 0.333. The number of aliphatic carboxylic acids is 1. The van der Waals surface area contributed by atoms with Crippen molar-refractivity contribution in [2.24, 2.45) is 10.7 Å². The number of carboxylic acids is 1. The van der Waals surface area contributed by atoms with Crippen LogP contribution in [0.4, 0.5) is 13.2 Å². The van der Waals surface area contributed by atoms with Gasteiger partial charge in [-0.2, -0.15) is 13.2 Å². The molecule has 1 atom stereocenters. The lowest BCUT2D eigenvalue weighted by Gasteiger charge is -2.06. The van der Waals surface area contributed by atoms with Gasteiger partial charge in [0.25, 0.3) is 0 Å². The second-order valence-corrected chi connectivity index (χ2v) is 4.56. The Kier molecular flexibility index (Phi) is 6.78. The monoisotopic (exact) mass is 314 g/mol. The molecule has 0 saturated heterocycles. The zero-order chi connectivity index (χ0) is 16.6. The van der Waals surface area contributed by atoms with Gasteiger partial charge in [-0.25, -0.2) is 4.79 Å². The summed E-state index contributed by atoms with van der Waals surface area (Å²) in [5, 5.41) is 8.94. The first-order chi connectivity index (χ1) is 10.3. The Labute approximate surface area is 126 Å². The molecule has 0 aliphatic carbocycles. The molecule has 1 aromatic rings. The minimum atomic E-state index is -4.36. The fourth-order valence-electron chi connectivity index (χ4n) is 1.66. The van der Waals surface area contributed by atoms with Crippen LogP contribution in [0.2, 0.25) is 0 Å². The van der Waals surface area contributed by atoms with Gasteiger partial charge in [0.05, 0.1) is 5.56 Å². The van der Waals surface area contributed by atoms with Crippen LogP contribution in [0.25, 0.3) is 6.08 Å². The van der Waals surface area contributed by atoms with Crippen molar-refractivity contribution in [2.75, 3.05) is 6.54 Å². The van der Waals surface area contributed by atoms with E-state index in [1.54, 1.807) is 6.08 Å². The number of hydrogen-bond acceptors (Lipinski definition) is 3. The molecular weight excluding hydrogens is 297 g/mol. The molecule has 0 spiro atoms. The Balaban J connectivity index is 2.64. The summed E-state index contributed by atoms with van der Waals surface area (Å²) in [4.78, 5) is 14.8. The molecule has 4 nitrogen and oxygen atoms in total. The summed E-state index contributed by atoms with van der Waals surface area (Å²) in [5.74, 6) is -1.03. The number of alkyl halides is 3. The zero-order valence-corrected chi connectivity index (χ0v) is 11.8. The topological polar surface area (TPSA) is 75.7 Å². The summed E-state index contributed by atoms with van der Waals surface area (Å²) in [5.41, 5.74) is 5.16. The lowest BCUT2D eigenvalue weighted by atomic mass is 10.1. The molecule has 0 aliphatic heterocycles. The molecule has 0 fully saturated rings. The van der Waals surface area contributed by atoms with Crippen LogP contribution < -0.4 is 5.73 Å². The normalized spacial score (nSPS) is 13.8. The number of aliphatic imine (C=N–C) groups is 1. The predicted molar refractivity (Wildman–Crippen MR) is 78.7 cm³/mol. The largest absolute Gasteiger partial charge is 0.480 e. The van der Waals surface area contributed by atoms with Crippen LogP contribution in [0.15, 0.2) is 35.3 Å². The van der Waals surface area contributed by atoms with Crippen molar-refractivity contribution in [3.05, 3.63) is 41.5 Å². The van der Waals surface area contributed by atoms with Gasteiger partial charge in [-0.15, -0.1) is 0 Å². The summed E-state index contributed by atoms with van der Waals surface area (Å²) >= 11 is 0. The SMILES string of the molecule is NCCCC(N=C/C=C/c1ccc(C(F)(F)F)cc1)C(=O)O. The highest BCUT2D eigenvalue weighted by Gasteiger charge is 2.29. The maximum Gasteiger partial charge on any atom is 0.416 e. The van der Waals surface area contributed by atoms with Crippen molar-refractivity contribution in [1.29, 1.82) is 0 Å². The third kappa shape index (κ3) is 6.09. The van der Waals surface area contributed by atoms with Gasteiger partial charge in [0.15, 0.2) is 0 Å². The van der Waals surface area contributed by atoms with E-state index in [1.165, 1.54) is 24.4 Å². The van der Waals surface area contributed by atoms with Crippen LogP contribution in [0, 0.1) is 0 Å². The Bertz CT molecular complexity index is 537. The van der Waals surface area contributed by atoms with Gasteiger partial charge < -0.3 is 10.8 Å². The minimum absolute atomic E-state index is 0.344. The van der Waals surface area contributed by atoms with Crippen molar-refractivity contribution in [2.45, 2.75) is 25.1 Å². The number of benzene rings is 1. The molecule has 1 unspecified atom stereocenters. The summed E-state index contributed by atoms with van der Waals surface area (Å²) in [7, 11) is 0. The van der Waals surface area contributed by atoms with Gasteiger partial charge in [0.1, 0.15) is 6.04 Å². The van der Waals surface area contributed by atoms with E-state index >= 15 is 0 Å². The summed E-state index contributed by atoms with van der Waals surface area (Å²) in [6.45, 7) is 0.390. The van der Waals surface area contributed by atoms with Crippen molar-refractivity contribution >= 4 is 18.3 Å². The van der Waals surface area contributed by atoms with Crippen molar-refractivity contribution in [3.8, 4) is 0 Å². The second-order valence-electron chi connectivity index (χ2n) is 4.56. The number of carboxylic acid groups (broad SMARTS) is 1. The average molecular weight is 314 g/mol. The molecule has 0 amide bonds. The Morgan fingerprint density at radius 1 is 1.32 bits per heavy atom. The number of halogens is 3. The molecular formula is C15H17F3N2O2. The molecule has 0 aliphatic rings. The third-order valence-electron chi connectivity index (χ3n) is 2.85. The van der Waals surface area contributed by atoms with E-state index in [0.717, 1.165) is 12.1 Å². The standard InChI is InChI=1S/C15H17F3N2O2/c16-15(17,18)12-7-5-11(6-8-12)3-2-10-20-13(14(21)22)4-1-9-19/h2-3,5-8,10,13H,1,4,9,19H2,(H,21,22)/b3-2+,20-10?. The maximum absolute atomic E-state index is 12.4. The molecule has 0 radical (unpaired) electrons. The van der Waals surface area contributed by atoms with Gasteiger partial charge in [-0.3, -0.25) is 4.99 Å². The number of nitrogens with two attached hydrogens (primary N) is 1. The lowest BCUT2D eigenvalue weighted by Crippen LogP contribution is -2.19. The zero-order valence-electron chi connectivity index (χ0n) is 11.8. The number of carbonyl (C=O) groups is 1. The smallest absolute Gasteiger partial charge is 0.416 e. The molecule has 7 heteroatoms. The molecule has 22 heavy (non-hydrogen) atoms. The quantitative estimate of drug-likeness (QED) is 0.760. The molecule has 3 N–H and O–H groups in total. The minimum Gasteiger partial charge on any atom is -0.480 e. The van der Waals surface area contributed by atoms with Gasteiger partial charge in [0, 0.05) is 6.21 Å². The number of nitrogens with zero attached hydrogens (tertiary/aromatic N) is 1. The molecule has 120 valence electrons. The second kappa shape index (κ2) is 8.33. The molecule has 0 bridgehead atoms. The fourth-order valence-corrected chi connectivity index (χ4v) is 1.66. The van der Waals surface area contributed by atoms with E-state index in [0.29, 0.717) is 24.9 Å². The highest BCUT2D eigenvalue weighted by atomic mass is 19.4. The van der Waals surface area contributed by atoms with Crippen LogP contribution in [0.5, 0.6) is 0 Å². The van der Waals surface area contributed by atoms with Crippen LogP contribution in [0.3, 0.4) is 0 Å². The summed E-state index contributed by atoms with van der Waals surface area (Å²) < 4.78 is 37.2. The first kappa shape index (κ1) is 17.9. The van der Waals surface area contributed by atoms with E-state index < -0.39 is 23.8 Å². The third-order valence-corrected chi connectivity index (χ3v) is 2.85. The summed E-state index contributed by atoms with van der Waals surface area (Å²) in [6, 6.07) is 3.77. The van der Waals surface area contributed by atoms with Crippen molar-refractivity contribution in [3.63, 3.8) is 0 Å². The first-order valence-electron chi connectivity index (χ1n) is 6.64. The Hall–Kier alpha value is -2.15. The highest BCUT2D eigenvalue weighted by Crippen LogP contribution is 2.29. The van der Waals surface area contributed by atoms with E-state index in [-0.39, 0.29) is 0 Å². The first-order valence-corrected chi connectivity index (χ1v) is 6.64. The van der Waals surface area contributed by atoms with Crippen LogP contribution in [-0.4, -0.2) is 29.9 Å². The number of rotatable bonds is 7. The van der Waals surface area contributed by atoms with Crippen LogP contribution in [0.1, 0.15) is 24.0 Å². The Morgan fingerprint density at radius 2 is 1.95 bits per heavy atom. The number of hydrogen-bond donors (Lipinski definition) is 2. The van der Waals surface area contributed by atoms with E-state index in [1.807, 2.05) is 0 Å². The Morgan fingerprint density at radius 3 is 2.45 bits per heavy atom. The molecule has 0 heterocycles. The van der Waals surface area contributed by atoms with Crippen molar-refractivity contribution in [1.82, 2.24) is 0 Å². The van der Waals surface area contributed by atoms with Gasteiger partial charge in [-0.05, 0) is 43.2 Å². The van der Waals surface area contributed by atoms with E-state index in [9.17, 15) is 18.0 Å². The molecule has 0 saturated carbocycles. The molecule has 0 aromatic heterocycles. The number of allylic oxidation sites excluding steroid dienone is 1. The van der Waals surface area contributed by atoms with E-state index in [2.05, 4.69) is 4.99 Å². The molecule has 1 rings (SSSR count). The molecule has 1 aromatic carbocycles. The van der Waals surface area contributed by atoms with Gasteiger partial charge >= 0.3 is 12.1 Å². The van der Waals surface area contributed by atoms with Crippen molar-refractivity contribution < 1.29 is 23.1 Å². The van der Waals surface area contributed by atoms with Crippen LogP contribution >= 0.6 is 0 Å². The maximum atomic E-state index is 12.4. The van der Waals surface area contributed by atoms with Gasteiger partial charge in [0.2, 0.25) is 0 Å². The van der Waals surface area contributed by atoms with E-state index in [4.69, 9.17) is 10.8 Å². The van der Waals surface area contributed by atoms with Gasteiger partial charge in [-0.1, -0.05) is 18.2 Å². The highest BCUT2D eigenvalue weighted by molar-refractivity contribution is 5.82. The summed E-state index contributed by atoms with van der Waals surface area (Å²) in [6.07, 6.45) is 0.897.